The molecule has 3 heterocycles. The predicted molar refractivity (Wildman–Crippen MR) is 107 cm³/mol. The van der Waals surface area contributed by atoms with Gasteiger partial charge in [0.2, 0.25) is 9.70 Å². The molecule has 0 unspecified atom stereocenters. The molecule has 26 heavy (non-hydrogen) atoms. The summed E-state index contributed by atoms with van der Waals surface area (Å²) >= 11 is 23.3. The number of hydrogen-bond donors (Lipinski definition) is 2. The average molecular weight is 438 g/mol. The van der Waals surface area contributed by atoms with Crippen molar-refractivity contribution in [3.63, 3.8) is 0 Å². The van der Waals surface area contributed by atoms with Gasteiger partial charge in [-0.2, -0.15) is 0 Å². The first-order valence-electron chi connectivity index (χ1n) is 8.24. The molecule has 142 valence electrons. The number of pyridine rings is 1. The maximum Gasteiger partial charge on any atom is 0.250 e. The van der Waals surface area contributed by atoms with Crippen molar-refractivity contribution in [3.05, 3.63) is 34.2 Å². The van der Waals surface area contributed by atoms with Gasteiger partial charge in [0.25, 0.3) is 5.56 Å². The second-order valence-electron chi connectivity index (χ2n) is 6.73. The molecule has 0 radical (unpaired) electrons. The molecule has 0 aromatic carbocycles. The molecule has 2 aliphatic rings. The Morgan fingerprint density at radius 2 is 2.00 bits per heavy atom. The molecule has 1 fully saturated rings. The summed E-state index contributed by atoms with van der Waals surface area (Å²) in [7, 11) is 0. The molecule has 1 amide bonds. The Morgan fingerprint density at radius 3 is 2.65 bits per heavy atom. The third-order valence-corrected chi connectivity index (χ3v) is 5.74. The number of thiocarbonyl (C=S) groups is 1. The number of carbonyl (C=O) groups excluding carboxylic acids is 1. The van der Waals surface area contributed by atoms with Crippen molar-refractivity contribution >= 4 is 58.0 Å². The van der Waals surface area contributed by atoms with Gasteiger partial charge in [0.15, 0.2) is 5.11 Å². The van der Waals surface area contributed by atoms with Crippen LogP contribution in [0, 0.1) is 5.92 Å². The molecule has 3 atom stereocenters. The van der Waals surface area contributed by atoms with Gasteiger partial charge in [-0.05, 0) is 30.6 Å². The van der Waals surface area contributed by atoms with E-state index in [1.54, 1.807) is 12.1 Å². The zero-order chi connectivity index (χ0) is 19.1. The number of alkyl halides is 3. The van der Waals surface area contributed by atoms with Crippen LogP contribution in [-0.4, -0.2) is 43.5 Å². The minimum absolute atomic E-state index is 0.0354. The minimum atomic E-state index is -1.75. The van der Waals surface area contributed by atoms with E-state index in [0.717, 1.165) is 12.1 Å². The highest BCUT2D eigenvalue weighted by Crippen LogP contribution is 2.35. The highest BCUT2D eigenvalue weighted by atomic mass is 35.6. The summed E-state index contributed by atoms with van der Waals surface area (Å²) in [6, 6.07) is 5.37. The topological polar surface area (TPSA) is 66.4 Å². The summed E-state index contributed by atoms with van der Waals surface area (Å²) in [4.78, 5) is 25.5. The molecule has 10 heteroatoms. The van der Waals surface area contributed by atoms with Crippen LogP contribution in [0.5, 0.6) is 0 Å². The van der Waals surface area contributed by atoms with E-state index in [9.17, 15) is 9.59 Å². The third kappa shape index (κ3) is 4.27. The van der Waals surface area contributed by atoms with Crippen LogP contribution in [0.2, 0.25) is 0 Å². The Bertz CT molecular complexity index is 779. The van der Waals surface area contributed by atoms with Gasteiger partial charge < -0.3 is 20.1 Å². The van der Waals surface area contributed by atoms with Crippen molar-refractivity contribution in [2.75, 3.05) is 13.1 Å². The first-order chi connectivity index (χ1) is 12.1. The van der Waals surface area contributed by atoms with E-state index in [0.29, 0.717) is 30.7 Å². The zero-order valence-electron chi connectivity index (χ0n) is 14.0. The van der Waals surface area contributed by atoms with Gasteiger partial charge in [-0.3, -0.25) is 9.59 Å². The van der Waals surface area contributed by atoms with Crippen LogP contribution in [-0.2, 0) is 11.3 Å². The number of piperidine rings is 1. The lowest BCUT2D eigenvalue weighted by Crippen LogP contribution is -2.59. The highest BCUT2D eigenvalue weighted by molar-refractivity contribution is 7.80. The van der Waals surface area contributed by atoms with E-state index in [2.05, 4.69) is 10.6 Å². The smallest absolute Gasteiger partial charge is 0.250 e. The van der Waals surface area contributed by atoms with Crippen LogP contribution in [0.15, 0.2) is 23.0 Å². The Morgan fingerprint density at radius 1 is 1.27 bits per heavy atom. The number of fused-ring (bicyclic) bond motifs is 4. The van der Waals surface area contributed by atoms with Crippen LogP contribution < -0.4 is 16.2 Å². The summed E-state index contributed by atoms with van der Waals surface area (Å²) in [5.41, 5.74) is 1.06. The number of aromatic nitrogens is 1. The number of rotatable bonds is 2. The molecule has 2 bridgehead atoms. The van der Waals surface area contributed by atoms with Crippen LogP contribution in [0.25, 0.3) is 0 Å². The van der Waals surface area contributed by atoms with Gasteiger partial charge in [0.1, 0.15) is 6.17 Å². The van der Waals surface area contributed by atoms with E-state index in [1.807, 2.05) is 15.5 Å². The number of nitrogens with one attached hydrogen (secondary N) is 2. The van der Waals surface area contributed by atoms with Crippen molar-refractivity contribution < 1.29 is 4.79 Å². The second kappa shape index (κ2) is 7.54. The maximum absolute atomic E-state index is 12.1. The molecule has 1 aromatic heterocycles. The fourth-order valence-electron chi connectivity index (χ4n) is 3.68. The molecule has 6 nitrogen and oxygen atoms in total. The van der Waals surface area contributed by atoms with Gasteiger partial charge in [-0.25, -0.2) is 0 Å². The number of hydrogen-bond acceptors (Lipinski definition) is 3. The lowest BCUT2D eigenvalue weighted by atomic mass is 9.83. The van der Waals surface area contributed by atoms with Gasteiger partial charge >= 0.3 is 0 Å². The monoisotopic (exact) mass is 436 g/mol. The molecule has 2 N–H and O–H groups in total. The SMILES string of the molecule is CC(=O)N[C@@H](NC(=S)N1C[C@@H]2C[C@@H](C1)c1cccc(=O)n1C2)C(Cl)(Cl)Cl. The van der Waals surface area contributed by atoms with Gasteiger partial charge in [0.05, 0.1) is 0 Å². The van der Waals surface area contributed by atoms with Crippen LogP contribution in [0.1, 0.15) is 25.0 Å². The molecule has 2 aliphatic heterocycles. The first-order valence-corrected chi connectivity index (χ1v) is 9.78. The Hall–Kier alpha value is -1.02. The van der Waals surface area contributed by atoms with Gasteiger partial charge in [-0.1, -0.05) is 40.9 Å². The number of amides is 1. The standard InChI is InChI=1S/C16H19Cl3N4O2S/c1-9(24)20-14(16(17,18)19)21-15(26)22-6-10-5-11(8-22)12-3-2-4-13(25)23(12)7-10/h2-4,10-11,14H,5-8H2,1H3,(H,20,24)(H,21,26)/t10-,11-,14-/m0/s1. The number of nitrogens with zero attached hydrogens (tertiary/aromatic N) is 2. The molecular weight excluding hydrogens is 419 g/mol. The normalized spacial score (nSPS) is 23.0. The fraction of sp³-hybridized carbons (Fsp3) is 0.562. The van der Waals surface area contributed by atoms with E-state index in [-0.39, 0.29) is 17.4 Å². The summed E-state index contributed by atoms with van der Waals surface area (Å²) in [5, 5.41) is 5.91. The molecule has 3 rings (SSSR count). The van der Waals surface area contributed by atoms with Crippen LogP contribution in [0.3, 0.4) is 0 Å². The molecular formula is C16H19Cl3N4O2S. The summed E-state index contributed by atoms with van der Waals surface area (Å²) in [6.07, 6.45) is 0.0801. The minimum Gasteiger partial charge on any atom is -0.348 e. The van der Waals surface area contributed by atoms with Crippen molar-refractivity contribution in [2.24, 2.45) is 5.92 Å². The number of halogens is 3. The molecule has 0 aliphatic carbocycles. The molecule has 0 saturated carbocycles. The Balaban J connectivity index is 1.74. The van der Waals surface area contributed by atoms with E-state index in [1.165, 1.54) is 6.92 Å². The molecule has 1 saturated heterocycles. The van der Waals surface area contributed by atoms with Crippen LogP contribution in [0.4, 0.5) is 0 Å². The predicted octanol–water partition coefficient (Wildman–Crippen LogP) is 1.97. The van der Waals surface area contributed by atoms with Crippen molar-refractivity contribution in [2.45, 2.75) is 35.8 Å². The maximum atomic E-state index is 12.1. The van der Waals surface area contributed by atoms with Crippen LogP contribution >= 0.6 is 47.0 Å². The summed E-state index contributed by atoms with van der Waals surface area (Å²) in [5.74, 6) is 0.191. The van der Waals surface area contributed by atoms with Crippen molar-refractivity contribution in [3.8, 4) is 0 Å². The van der Waals surface area contributed by atoms with Gasteiger partial charge in [0, 0.05) is 44.2 Å². The Kier molecular flexibility index (Phi) is 5.72. The van der Waals surface area contributed by atoms with Gasteiger partial charge in [-0.15, -0.1) is 0 Å². The fourth-order valence-corrected chi connectivity index (χ4v) is 4.27. The summed E-state index contributed by atoms with van der Waals surface area (Å²) < 4.78 is 0.107. The van der Waals surface area contributed by atoms with E-state index < -0.39 is 9.96 Å². The second-order valence-corrected chi connectivity index (χ2v) is 9.48. The zero-order valence-corrected chi connectivity index (χ0v) is 17.1. The van der Waals surface area contributed by atoms with Crippen molar-refractivity contribution in [1.82, 2.24) is 20.1 Å². The average Bonchev–Trinajstić information content (AvgIpc) is 2.54. The lowest BCUT2D eigenvalue weighted by Gasteiger charge is -2.44. The van der Waals surface area contributed by atoms with E-state index >= 15 is 0 Å². The molecule has 0 spiro atoms. The number of likely N-dealkylation sites (tertiary alicyclic amines) is 1. The summed E-state index contributed by atoms with van der Waals surface area (Å²) in [6.45, 7) is 3.38. The molecule has 1 aromatic rings. The third-order valence-electron chi connectivity index (χ3n) is 4.71. The Labute approximate surface area is 171 Å². The van der Waals surface area contributed by atoms with Crippen molar-refractivity contribution in [1.29, 1.82) is 0 Å². The largest absolute Gasteiger partial charge is 0.348 e. The first kappa shape index (κ1) is 19.7. The quantitative estimate of drug-likeness (QED) is 0.421. The highest BCUT2D eigenvalue weighted by Gasteiger charge is 2.38. The lowest BCUT2D eigenvalue weighted by molar-refractivity contribution is -0.119. The van der Waals surface area contributed by atoms with E-state index in [4.69, 9.17) is 47.0 Å². The number of carbonyl (C=O) groups is 1.